The number of rotatable bonds is 5. The fourth-order valence-corrected chi connectivity index (χ4v) is 4.43. The minimum Gasteiger partial charge on any atom is -0.491 e. The summed E-state index contributed by atoms with van der Waals surface area (Å²) in [4.78, 5) is 40.4. The highest BCUT2D eigenvalue weighted by Gasteiger charge is 2.29. The second-order valence-corrected chi connectivity index (χ2v) is 9.38. The van der Waals surface area contributed by atoms with Gasteiger partial charge in [0.2, 0.25) is 5.91 Å². The fourth-order valence-electron chi connectivity index (χ4n) is 4.43. The third-order valence-electron chi connectivity index (χ3n) is 6.52. The third kappa shape index (κ3) is 6.61. The Bertz CT molecular complexity index is 1100. The number of nitrogens with zero attached hydrogens (tertiary/aromatic N) is 2. The van der Waals surface area contributed by atoms with Crippen molar-refractivity contribution >= 4 is 23.5 Å². The van der Waals surface area contributed by atoms with Crippen molar-refractivity contribution in [3.63, 3.8) is 0 Å². The van der Waals surface area contributed by atoms with Crippen LogP contribution in [0.1, 0.15) is 47.1 Å². The lowest BCUT2D eigenvalue weighted by molar-refractivity contribution is -0.114. The standard InChI is InChI=1S/C27H35N3O6/c1-17-13-30(14-20-8-6-7-9-22(20)27(33)34)18(2)16-36-24-12-21(28-19(3)31)10-11-23(24)26(32)29(4)15-25(17)35-5/h6-12,17-18,25H,13-16H2,1-5H3,(H,28,31)(H,33,34)/t17-,18-,25-/m1/s1. The van der Waals surface area contributed by atoms with Crippen molar-refractivity contribution < 1.29 is 29.0 Å². The largest absolute Gasteiger partial charge is 0.491 e. The molecule has 3 atom stereocenters. The number of carboxylic acid groups (broad SMARTS) is 1. The van der Waals surface area contributed by atoms with E-state index in [-0.39, 0.29) is 42.0 Å². The highest BCUT2D eigenvalue weighted by atomic mass is 16.5. The van der Waals surface area contributed by atoms with E-state index in [1.165, 1.54) is 6.92 Å². The number of nitrogens with one attached hydrogen (secondary N) is 1. The molecule has 2 N–H and O–H groups in total. The Morgan fingerprint density at radius 2 is 1.89 bits per heavy atom. The van der Waals surface area contributed by atoms with Crippen molar-refractivity contribution in [2.45, 2.75) is 39.5 Å². The first-order chi connectivity index (χ1) is 17.1. The number of fused-ring (bicyclic) bond motifs is 1. The fraction of sp³-hybridized carbons (Fsp3) is 0.444. The normalized spacial score (nSPS) is 21.5. The lowest BCUT2D eigenvalue weighted by Gasteiger charge is -2.36. The van der Waals surface area contributed by atoms with E-state index < -0.39 is 5.97 Å². The SMILES string of the molecule is CO[C@@H]1CN(C)C(=O)c2ccc(NC(C)=O)cc2OC[C@@H](C)N(Cc2ccccc2C(=O)O)C[C@H]1C. The van der Waals surface area contributed by atoms with Gasteiger partial charge in [0.15, 0.2) is 0 Å². The molecule has 9 nitrogen and oxygen atoms in total. The molecule has 0 bridgehead atoms. The molecule has 36 heavy (non-hydrogen) atoms. The van der Waals surface area contributed by atoms with Gasteiger partial charge >= 0.3 is 5.97 Å². The highest BCUT2D eigenvalue weighted by molar-refractivity contribution is 5.98. The predicted molar refractivity (Wildman–Crippen MR) is 136 cm³/mol. The second-order valence-electron chi connectivity index (χ2n) is 9.38. The van der Waals surface area contributed by atoms with E-state index in [1.807, 2.05) is 19.1 Å². The first-order valence-corrected chi connectivity index (χ1v) is 12.0. The number of aromatic carboxylic acids is 1. The third-order valence-corrected chi connectivity index (χ3v) is 6.52. The van der Waals surface area contributed by atoms with Gasteiger partial charge in [-0.2, -0.15) is 0 Å². The van der Waals surface area contributed by atoms with Gasteiger partial charge in [-0.3, -0.25) is 14.5 Å². The van der Waals surface area contributed by atoms with Crippen LogP contribution in [0, 0.1) is 5.92 Å². The number of likely N-dealkylation sites (N-methyl/N-ethyl adjacent to an activating group) is 1. The van der Waals surface area contributed by atoms with Crippen LogP contribution >= 0.6 is 0 Å². The van der Waals surface area contributed by atoms with Gasteiger partial charge in [-0.15, -0.1) is 0 Å². The molecule has 0 radical (unpaired) electrons. The van der Waals surface area contributed by atoms with Crippen molar-refractivity contribution in [1.82, 2.24) is 9.80 Å². The molecule has 9 heteroatoms. The Hall–Kier alpha value is -3.43. The van der Waals surface area contributed by atoms with Crippen LogP contribution in [-0.2, 0) is 16.1 Å². The second kappa shape index (κ2) is 12.0. The molecule has 1 aliphatic rings. The molecule has 0 aliphatic carbocycles. The average Bonchev–Trinajstić information content (AvgIpc) is 2.84. The van der Waals surface area contributed by atoms with E-state index in [2.05, 4.69) is 17.1 Å². The van der Waals surface area contributed by atoms with E-state index in [9.17, 15) is 19.5 Å². The van der Waals surface area contributed by atoms with Crippen LogP contribution in [0.25, 0.3) is 0 Å². The summed E-state index contributed by atoms with van der Waals surface area (Å²) in [5.41, 5.74) is 1.91. The molecule has 194 valence electrons. The molecule has 0 spiro atoms. The number of hydrogen-bond acceptors (Lipinski definition) is 6. The van der Waals surface area contributed by atoms with Crippen molar-refractivity contribution in [2.75, 3.05) is 39.2 Å². The quantitative estimate of drug-likeness (QED) is 0.652. The van der Waals surface area contributed by atoms with Gasteiger partial charge in [0.1, 0.15) is 12.4 Å². The average molecular weight is 498 g/mol. The Balaban J connectivity index is 1.98. The number of hydrogen-bond donors (Lipinski definition) is 2. The van der Waals surface area contributed by atoms with Crippen LogP contribution in [0.2, 0.25) is 0 Å². The number of carbonyl (C=O) groups excluding carboxylic acids is 2. The summed E-state index contributed by atoms with van der Waals surface area (Å²) in [6, 6.07) is 11.9. The maximum atomic E-state index is 13.3. The van der Waals surface area contributed by atoms with Gasteiger partial charge < -0.3 is 24.8 Å². The molecule has 2 aromatic rings. The summed E-state index contributed by atoms with van der Waals surface area (Å²) in [6.45, 7) is 7.15. The zero-order valence-corrected chi connectivity index (χ0v) is 21.5. The Morgan fingerprint density at radius 3 is 2.56 bits per heavy atom. The van der Waals surface area contributed by atoms with Gasteiger partial charge in [-0.05, 0) is 36.6 Å². The number of carboxylic acids is 1. The number of amides is 2. The smallest absolute Gasteiger partial charge is 0.336 e. The van der Waals surface area contributed by atoms with E-state index >= 15 is 0 Å². The molecule has 0 saturated heterocycles. The molecule has 0 unspecified atom stereocenters. The Kier molecular flexibility index (Phi) is 9.06. The summed E-state index contributed by atoms with van der Waals surface area (Å²) in [5, 5.41) is 12.4. The van der Waals surface area contributed by atoms with E-state index in [0.29, 0.717) is 42.2 Å². The number of benzene rings is 2. The minimum atomic E-state index is -0.966. The Morgan fingerprint density at radius 1 is 1.17 bits per heavy atom. The lowest BCUT2D eigenvalue weighted by atomic mass is 10.00. The molecule has 3 rings (SSSR count). The molecule has 0 aromatic heterocycles. The molecule has 0 fully saturated rings. The van der Waals surface area contributed by atoms with Crippen molar-refractivity contribution in [3.8, 4) is 5.75 Å². The number of methoxy groups -OCH3 is 1. The van der Waals surface area contributed by atoms with Gasteiger partial charge in [-0.1, -0.05) is 25.1 Å². The molecule has 1 aliphatic heterocycles. The summed E-state index contributed by atoms with van der Waals surface area (Å²) in [6.07, 6.45) is -0.231. The molecule has 2 amide bonds. The van der Waals surface area contributed by atoms with Crippen LogP contribution in [0.4, 0.5) is 5.69 Å². The van der Waals surface area contributed by atoms with E-state index in [0.717, 1.165) is 0 Å². The van der Waals surface area contributed by atoms with Crippen LogP contribution in [-0.4, -0.2) is 78.7 Å². The van der Waals surface area contributed by atoms with Gasteiger partial charge in [0, 0.05) is 58.5 Å². The molecule has 0 saturated carbocycles. The molecular formula is C27H35N3O6. The van der Waals surface area contributed by atoms with Crippen LogP contribution in [0.5, 0.6) is 5.75 Å². The predicted octanol–water partition coefficient (Wildman–Crippen LogP) is 3.35. The number of anilines is 1. The topological polar surface area (TPSA) is 108 Å². The molecule has 1 heterocycles. The van der Waals surface area contributed by atoms with Gasteiger partial charge in [-0.25, -0.2) is 4.79 Å². The maximum Gasteiger partial charge on any atom is 0.336 e. The van der Waals surface area contributed by atoms with Gasteiger partial charge in [0.05, 0.1) is 17.2 Å². The van der Waals surface area contributed by atoms with Crippen LogP contribution in [0.15, 0.2) is 42.5 Å². The summed E-state index contributed by atoms with van der Waals surface area (Å²) >= 11 is 0. The summed E-state index contributed by atoms with van der Waals surface area (Å²) in [5.74, 6) is -0.968. The first kappa shape index (κ1) is 27.2. The maximum absolute atomic E-state index is 13.3. The number of carbonyl (C=O) groups is 3. The Labute approximate surface area is 212 Å². The number of ether oxygens (including phenoxy) is 2. The van der Waals surface area contributed by atoms with Crippen molar-refractivity contribution in [3.05, 3.63) is 59.2 Å². The lowest BCUT2D eigenvalue weighted by Crippen LogP contribution is -2.46. The van der Waals surface area contributed by atoms with Crippen molar-refractivity contribution in [2.24, 2.45) is 5.92 Å². The van der Waals surface area contributed by atoms with Gasteiger partial charge in [0.25, 0.3) is 5.91 Å². The molecule has 2 aromatic carbocycles. The zero-order valence-electron chi connectivity index (χ0n) is 21.5. The summed E-state index contributed by atoms with van der Waals surface area (Å²) in [7, 11) is 3.36. The minimum absolute atomic E-state index is 0.0470. The van der Waals surface area contributed by atoms with Crippen LogP contribution in [0.3, 0.4) is 0 Å². The van der Waals surface area contributed by atoms with Crippen LogP contribution < -0.4 is 10.1 Å². The first-order valence-electron chi connectivity index (χ1n) is 12.0. The monoisotopic (exact) mass is 497 g/mol. The summed E-state index contributed by atoms with van der Waals surface area (Å²) < 4.78 is 11.9. The van der Waals surface area contributed by atoms with E-state index in [4.69, 9.17) is 9.47 Å². The van der Waals surface area contributed by atoms with Crippen molar-refractivity contribution in [1.29, 1.82) is 0 Å². The zero-order chi connectivity index (χ0) is 26.4. The molecular weight excluding hydrogens is 462 g/mol. The highest BCUT2D eigenvalue weighted by Crippen LogP contribution is 2.27. The van der Waals surface area contributed by atoms with E-state index in [1.54, 1.807) is 49.4 Å².